The lowest BCUT2D eigenvalue weighted by Crippen LogP contribution is -2.69. The molecule has 4 saturated heterocycles. The summed E-state index contributed by atoms with van der Waals surface area (Å²) in [7, 11) is 0. The number of fused-ring (bicyclic) bond motifs is 7. The third-order valence-corrected chi connectivity index (χ3v) is 18.1. The minimum atomic E-state index is -1.84. The Morgan fingerprint density at radius 1 is 0.662 bits per heavy atom. The lowest BCUT2D eigenvalue weighted by atomic mass is 9.43. The highest BCUT2D eigenvalue weighted by Crippen LogP contribution is 2.74. The zero-order valence-electron chi connectivity index (χ0n) is 37.9. The number of aliphatic hydroxyl groups is 13. The number of hydrogen-bond donors (Lipinski definition) is 13. The fourth-order valence-corrected chi connectivity index (χ4v) is 14.3. The second-order valence-electron chi connectivity index (χ2n) is 21.6. The molecule has 8 rings (SSSR count). The molecule has 0 bridgehead atoms. The molecule has 376 valence electrons. The molecule has 0 spiro atoms. The van der Waals surface area contributed by atoms with Crippen molar-refractivity contribution in [1.82, 2.24) is 0 Å². The van der Waals surface area contributed by atoms with E-state index in [2.05, 4.69) is 13.8 Å². The zero-order chi connectivity index (χ0) is 47.1. The van der Waals surface area contributed by atoms with E-state index in [-0.39, 0.29) is 48.2 Å². The van der Waals surface area contributed by atoms with Crippen LogP contribution in [0, 0.1) is 46.3 Å². The van der Waals surface area contributed by atoms with Crippen LogP contribution >= 0.6 is 0 Å². The standard InChI is InChI=1S/C45H76O20/c1-19(18-59-39-35(55)33(53)30(50)26(15-46)60-39)7-12-45(58)20(2)29-25(64-45)14-44(24-6-5-21-13-22(49)8-10-42(21,3)23(24)9-11-43(29,44)4)65-41-37(57)38(32(52)28(17-48)62-41)63-40-36(56)34(54)31(51)27(16-47)61-40/h19-41,46-58H,5-18H2,1-4H3/t19-,20-,21+,22-,23-,24+,25-,26+,27+,28+,29-,30-,31+,32+,33-,34-,35+,36+,37+,38-,39+,40-,41-,42-,43+,44?,45+/m0/s1. The average molecular weight is 937 g/mol. The van der Waals surface area contributed by atoms with Crippen LogP contribution in [0.25, 0.3) is 0 Å². The number of hydrogen-bond acceptors (Lipinski definition) is 20. The van der Waals surface area contributed by atoms with Crippen LogP contribution in [0.15, 0.2) is 0 Å². The first kappa shape index (κ1) is 50.6. The van der Waals surface area contributed by atoms with Gasteiger partial charge in [0.05, 0.1) is 44.2 Å². The number of aliphatic hydroxyl groups excluding tert-OH is 12. The molecule has 0 aromatic carbocycles. The van der Waals surface area contributed by atoms with Gasteiger partial charge in [-0.1, -0.05) is 27.7 Å². The molecule has 0 amide bonds. The molecule has 13 N–H and O–H groups in total. The summed E-state index contributed by atoms with van der Waals surface area (Å²) >= 11 is 0. The van der Waals surface area contributed by atoms with Crippen molar-refractivity contribution in [2.75, 3.05) is 26.4 Å². The molecule has 4 saturated carbocycles. The molecule has 4 aliphatic carbocycles. The van der Waals surface area contributed by atoms with Gasteiger partial charge in [0.1, 0.15) is 73.2 Å². The quantitative estimate of drug-likeness (QED) is 0.0896. The van der Waals surface area contributed by atoms with Crippen molar-refractivity contribution in [3.05, 3.63) is 0 Å². The predicted molar refractivity (Wildman–Crippen MR) is 220 cm³/mol. The first-order valence-electron chi connectivity index (χ1n) is 23.9. The van der Waals surface area contributed by atoms with Gasteiger partial charge in [-0.05, 0) is 80.5 Å². The third kappa shape index (κ3) is 8.47. The van der Waals surface area contributed by atoms with E-state index in [4.69, 9.17) is 33.2 Å². The van der Waals surface area contributed by atoms with Crippen molar-refractivity contribution in [2.24, 2.45) is 46.3 Å². The molecule has 65 heavy (non-hydrogen) atoms. The molecule has 8 aliphatic rings. The largest absolute Gasteiger partial charge is 0.394 e. The summed E-state index contributed by atoms with van der Waals surface area (Å²) in [4.78, 5) is 0. The molecule has 27 atom stereocenters. The van der Waals surface area contributed by atoms with Crippen LogP contribution < -0.4 is 0 Å². The highest BCUT2D eigenvalue weighted by atomic mass is 16.7. The number of rotatable bonds is 13. The smallest absolute Gasteiger partial charge is 0.187 e. The van der Waals surface area contributed by atoms with Gasteiger partial charge in [0.15, 0.2) is 24.7 Å². The van der Waals surface area contributed by atoms with Crippen molar-refractivity contribution in [1.29, 1.82) is 0 Å². The van der Waals surface area contributed by atoms with Gasteiger partial charge < -0.3 is 99.5 Å². The molecule has 20 nitrogen and oxygen atoms in total. The molecule has 0 aromatic heterocycles. The van der Waals surface area contributed by atoms with Crippen LogP contribution in [0.4, 0.5) is 0 Å². The molecule has 4 heterocycles. The van der Waals surface area contributed by atoms with Crippen molar-refractivity contribution in [2.45, 2.75) is 208 Å². The van der Waals surface area contributed by atoms with E-state index in [0.29, 0.717) is 38.0 Å². The van der Waals surface area contributed by atoms with Crippen molar-refractivity contribution in [3.8, 4) is 0 Å². The van der Waals surface area contributed by atoms with Crippen LogP contribution in [0.5, 0.6) is 0 Å². The van der Waals surface area contributed by atoms with Crippen molar-refractivity contribution < 1.29 is 99.5 Å². The first-order chi connectivity index (χ1) is 30.7. The van der Waals surface area contributed by atoms with Crippen molar-refractivity contribution in [3.63, 3.8) is 0 Å². The summed E-state index contributed by atoms with van der Waals surface area (Å²) in [6.45, 7) is 6.41. The van der Waals surface area contributed by atoms with E-state index >= 15 is 0 Å². The van der Waals surface area contributed by atoms with Crippen LogP contribution in [-0.2, 0) is 33.2 Å². The maximum absolute atomic E-state index is 12.4. The fraction of sp³-hybridized carbons (Fsp3) is 1.00. The van der Waals surface area contributed by atoms with Gasteiger partial charge in [-0.2, -0.15) is 0 Å². The summed E-state index contributed by atoms with van der Waals surface area (Å²) in [5, 5.41) is 139. The third-order valence-electron chi connectivity index (χ3n) is 18.1. The lowest BCUT2D eigenvalue weighted by molar-refractivity contribution is -0.386. The molecular formula is C45H76O20. The summed E-state index contributed by atoms with van der Waals surface area (Å²) in [6.07, 6.45) is -17.7. The monoisotopic (exact) mass is 936 g/mol. The van der Waals surface area contributed by atoms with Gasteiger partial charge in [0.2, 0.25) is 0 Å². The Hall–Kier alpha value is -0.800. The van der Waals surface area contributed by atoms with Crippen molar-refractivity contribution >= 4 is 0 Å². The molecular weight excluding hydrogens is 860 g/mol. The topological polar surface area (TPSA) is 328 Å². The summed E-state index contributed by atoms with van der Waals surface area (Å²) < 4.78 is 43.2. The van der Waals surface area contributed by atoms with Crippen LogP contribution in [-0.4, -0.2) is 209 Å². The Morgan fingerprint density at radius 2 is 1.26 bits per heavy atom. The highest BCUT2D eigenvalue weighted by molar-refractivity contribution is 5.23. The Balaban J connectivity index is 1.04. The maximum atomic E-state index is 12.4. The minimum absolute atomic E-state index is 0.0723. The van der Waals surface area contributed by atoms with Gasteiger partial charge in [-0.15, -0.1) is 0 Å². The van der Waals surface area contributed by atoms with Crippen LogP contribution in [0.2, 0.25) is 0 Å². The van der Waals surface area contributed by atoms with Gasteiger partial charge in [0, 0.05) is 30.1 Å². The Labute approximate surface area is 379 Å². The summed E-state index contributed by atoms with van der Waals surface area (Å²) in [5.41, 5.74) is -1.85. The van der Waals surface area contributed by atoms with Crippen LogP contribution in [0.3, 0.4) is 0 Å². The van der Waals surface area contributed by atoms with E-state index in [1.165, 1.54) is 0 Å². The van der Waals surface area contributed by atoms with Gasteiger partial charge in [-0.3, -0.25) is 0 Å². The van der Waals surface area contributed by atoms with E-state index in [1.807, 2.05) is 13.8 Å². The maximum Gasteiger partial charge on any atom is 0.187 e. The van der Waals surface area contributed by atoms with E-state index in [9.17, 15) is 66.4 Å². The normalized spacial score (nSPS) is 56.1. The molecule has 0 aromatic rings. The first-order valence-corrected chi connectivity index (χ1v) is 23.9. The Bertz CT molecular complexity index is 1610. The van der Waals surface area contributed by atoms with Gasteiger partial charge >= 0.3 is 0 Å². The molecule has 4 aliphatic heterocycles. The summed E-state index contributed by atoms with van der Waals surface area (Å²) in [6, 6.07) is 0. The number of ether oxygens (including phenoxy) is 7. The van der Waals surface area contributed by atoms with E-state index in [1.54, 1.807) is 0 Å². The second-order valence-corrected chi connectivity index (χ2v) is 21.6. The van der Waals surface area contributed by atoms with Gasteiger partial charge in [-0.25, -0.2) is 0 Å². The summed E-state index contributed by atoms with van der Waals surface area (Å²) in [5.74, 6) is -2.04. The van der Waals surface area contributed by atoms with E-state index in [0.717, 1.165) is 25.7 Å². The van der Waals surface area contributed by atoms with Crippen LogP contribution in [0.1, 0.15) is 91.9 Å². The fourth-order valence-electron chi connectivity index (χ4n) is 14.3. The predicted octanol–water partition coefficient (Wildman–Crippen LogP) is -2.66. The molecule has 1 unspecified atom stereocenters. The average Bonchev–Trinajstić information content (AvgIpc) is 3.68. The Kier molecular flexibility index (Phi) is 14.8. The van der Waals surface area contributed by atoms with E-state index < -0.39 is 141 Å². The zero-order valence-corrected chi connectivity index (χ0v) is 37.9. The molecule has 8 fully saturated rings. The lowest BCUT2D eigenvalue weighted by Gasteiger charge is -2.65. The van der Waals surface area contributed by atoms with Gasteiger partial charge in [0.25, 0.3) is 0 Å². The second kappa shape index (κ2) is 19.1. The molecule has 20 heteroatoms. The minimum Gasteiger partial charge on any atom is -0.394 e. The Morgan fingerprint density at radius 3 is 1.91 bits per heavy atom. The SMILES string of the molecule is C[C@@H](CC[C@@]1(O)O[C@H]2CC3(O[C@@H]4O[C@H](CO)[C@@H](O)[C@H](O[C@@H]5O[C@H](CO)[C@@H](O)[C@H](O)[C@H]5O)[C@H]4O)[C@@H]4CC[C@@H]5C[C@@H](O)CC[C@]5(C)[C@H]4CC[C@]3(C)[C@H]2[C@@H]1C)CO[C@@H]1O[C@H](CO)[C@H](O)[C@H](O)[C@H]1O. The molecule has 0 radical (unpaired) electrons. The highest BCUT2D eigenvalue weighted by Gasteiger charge is 2.76.